The molecule has 0 spiro atoms. The highest BCUT2D eigenvalue weighted by molar-refractivity contribution is 7.80. The molecule has 6 nitrogen and oxygen atoms in total. The van der Waals surface area contributed by atoms with Gasteiger partial charge in [-0.15, -0.1) is 0 Å². The summed E-state index contributed by atoms with van der Waals surface area (Å²) in [5.41, 5.74) is 0.905. The summed E-state index contributed by atoms with van der Waals surface area (Å²) in [4.78, 5) is 14.4. The number of benzene rings is 2. The summed E-state index contributed by atoms with van der Waals surface area (Å²) in [6.45, 7) is 2.61. The molecule has 1 aliphatic rings. The summed E-state index contributed by atoms with van der Waals surface area (Å²) >= 11 is 11.3. The van der Waals surface area contributed by atoms with E-state index in [1.54, 1.807) is 54.6 Å². The SMILES string of the molecule is CCOc1ccccc1N1C(=O)/C(=C\c2ccc(COc3ccc(Cl)cc3)o2)NC1=S. The molecule has 0 aliphatic carbocycles. The van der Waals surface area contributed by atoms with E-state index in [9.17, 15) is 4.79 Å². The van der Waals surface area contributed by atoms with Crippen molar-refractivity contribution in [3.05, 3.63) is 82.9 Å². The Morgan fingerprint density at radius 1 is 1.10 bits per heavy atom. The van der Waals surface area contributed by atoms with Crippen LogP contribution < -0.4 is 19.7 Å². The standard InChI is InChI=1S/C23H19ClN2O4S/c1-2-28-21-6-4-3-5-20(21)26-22(27)19(25-23(26)31)13-17-11-12-18(30-17)14-29-16-9-7-15(24)8-10-16/h3-13H,2,14H2,1H3,(H,25,31)/b19-13+. The van der Waals surface area contributed by atoms with Crippen molar-refractivity contribution in [2.45, 2.75) is 13.5 Å². The van der Waals surface area contributed by atoms with E-state index in [1.807, 2.05) is 19.1 Å². The van der Waals surface area contributed by atoms with Crippen LogP contribution in [0.1, 0.15) is 18.4 Å². The topological polar surface area (TPSA) is 63.9 Å². The first-order valence-electron chi connectivity index (χ1n) is 9.61. The number of amides is 1. The molecule has 158 valence electrons. The number of hydrogen-bond donors (Lipinski definition) is 1. The Hall–Kier alpha value is -3.29. The molecule has 1 aromatic heterocycles. The largest absolute Gasteiger partial charge is 0.492 e. The predicted octanol–water partition coefficient (Wildman–Crippen LogP) is 5.17. The smallest absolute Gasteiger partial charge is 0.281 e. The molecule has 1 aliphatic heterocycles. The van der Waals surface area contributed by atoms with Crippen LogP contribution in [0.25, 0.3) is 6.08 Å². The number of nitrogens with zero attached hydrogens (tertiary/aromatic N) is 1. The zero-order valence-electron chi connectivity index (χ0n) is 16.6. The van der Waals surface area contributed by atoms with Crippen LogP contribution in [0.15, 0.2) is 70.8 Å². The number of para-hydroxylation sites is 2. The van der Waals surface area contributed by atoms with Crippen molar-refractivity contribution in [1.29, 1.82) is 0 Å². The first-order chi connectivity index (χ1) is 15.0. The molecule has 1 saturated heterocycles. The molecule has 0 saturated carbocycles. The highest BCUT2D eigenvalue weighted by Crippen LogP contribution is 2.31. The summed E-state index contributed by atoms with van der Waals surface area (Å²) in [5.74, 6) is 2.11. The van der Waals surface area contributed by atoms with Crippen LogP contribution in [0, 0.1) is 0 Å². The lowest BCUT2D eigenvalue weighted by Crippen LogP contribution is -2.30. The van der Waals surface area contributed by atoms with Crippen molar-refractivity contribution in [3.63, 3.8) is 0 Å². The summed E-state index contributed by atoms with van der Waals surface area (Å²) < 4.78 is 17.1. The van der Waals surface area contributed by atoms with Crippen LogP contribution >= 0.6 is 23.8 Å². The molecule has 2 heterocycles. The van der Waals surface area contributed by atoms with Gasteiger partial charge in [0.1, 0.15) is 35.3 Å². The number of furan rings is 1. The van der Waals surface area contributed by atoms with E-state index in [4.69, 9.17) is 37.7 Å². The molecular formula is C23H19ClN2O4S. The van der Waals surface area contributed by atoms with Gasteiger partial charge in [-0.2, -0.15) is 0 Å². The fourth-order valence-electron chi connectivity index (χ4n) is 3.05. The Balaban J connectivity index is 1.48. The maximum absolute atomic E-state index is 13.0. The van der Waals surface area contributed by atoms with E-state index in [0.29, 0.717) is 46.0 Å². The lowest BCUT2D eigenvalue weighted by Gasteiger charge is -2.17. The van der Waals surface area contributed by atoms with Gasteiger partial charge in [0.05, 0.1) is 12.3 Å². The highest BCUT2D eigenvalue weighted by atomic mass is 35.5. The number of ether oxygens (including phenoxy) is 2. The second-order valence-corrected chi connectivity index (χ2v) is 7.40. The predicted molar refractivity (Wildman–Crippen MR) is 123 cm³/mol. The van der Waals surface area contributed by atoms with E-state index in [1.165, 1.54) is 4.90 Å². The summed E-state index contributed by atoms with van der Waals surface area (Å²) in [5, 5.41) is 3.87. The average molecular weight is 455 g/mol. The molecule has 1 fully saturated rings. The minimum absolute atomic E-state index is 0.248. The van der Waals surface area contributed by atoms with Gasteiger partial charge in [-0.3, -0.25) is 4.79 Å². The monoisotopic (exact) mass is 454 g/mol. The normalized spacial score (nSPS) is 14.8. The van der Waals surface area contributed by atoms with Crippen LogP contribution in [0.3, 0.4) is 0 Å². The molecule has 1 N–H and O–H groups in total. The quantitative estimate of drug-likeness (QED) is 0.392. The Labute approximate surface area is 190 Å². The number of carbonyl (C=O) groups excluding carboxylic acids is 1. The molecule has 3 aromatic rings. The number of carbonyl (C=O) groups is 1. The van der Waals surface area contributed by atoms with E-state index >= 15 is 0 Å². The third-order valence-electron chi connectivity index (χ3n) is 4.45. The maximum atomic E-state index is 13.0. The minimum Gasteiger partial charge on any atom is -0.492 e. The molecule has 0 bridgehead atoms. The van der Waals surface area contributed by atoms with Crippen molar-refractivity contribution in [3.8, 4) is 11.5 Å². The molecule has 8 heteroatoms. The lowest BCUT2D eigenvalue weighted by atomic mass is 10.2. The van der Waals surface area contributed by atoms with Crippen LogP contribution in [-0.2, 0) is 11.4 Å². The second-order valence-electron chi connectivity index (χ2n) is 6.58. The zero-order chi connectivity index (χ0) is 21.8. The van der Waals surface area contributed by atoms with E-state index < -0.39 is 0 Å². The van der Waals surface area contributed by atoms with Gasteiger partial charge in [0.15, 0.2) is 5.11 Å². The Morgan fingerprint density at radius 2 is 1.87 bits per heavy atom. The first kappa shape index (κ1) is 21.0. The average Bonchev–Trinajstić information content (AvgIpc) is 3.32. The Kier molecular flexibility index (Phi) is 6.25. The van der Waals surface area contributed by atoms with Gasteiger partial charge < -0.3 is 19.2 Å². The van der Waals surface area contributed by atoms with Crippen molar-refractivity contribution in [2.24, 2.45) is 0 Å². The van der Waals surface area contributed by atoms with Gasteiger partial charge in [-0.05, 0) is 67.7 Å². The minimum atomic E-state index is -0.285. The molecule has 4 rings (SSSR count). The summed E-state index contributed by atoms with van der Waals surface area (Å²) in [6.07, 6.45) is 1.61. The van der Waals surface area contributed by atoms with Gasteiger partial charge in [0.2, 0.25) is 0 Å². The Morgan fingerprint density at radius 3 is 2.65 bits per heavy atom. The number of halogens is 1. The fraction of sp³-hybridized carbons (Fsp3) is 0.130. The van der Waals surface area contributed by atoms with Gasteiger partial charge in [-0.1, -0.05) is 23.7 Å². The van der Waals surface area contributed by atoms with Gasteiger partial charge >= 0.3 is 0 Å². The van der Waals surface area contributed by atoms with Gasteiger partial charge in [0.25, 0.3) is 5.91 Å². The van der Waals surface area contributed by atoms with E-state index in [2.05, 4.69) is 5.32 Å². The van der Waals surface area contributed by atoms with Crippen molar-refractivity contribution in [1.82, 2.24) is 5.32 Å². The fourth-order valence-corrected chi connectivity index (χ4v) is 3.47. The molecule has 2 aromatic carbocycles. The van der Waals surface area contributed by atoms with Crippen LogP contribution in [0.5, 0.6) is 11.5 Å². The lowest BCUT2D eigenvalue weighted by molar-refractivity contribution is -0.113. The number of rotatable bonds is 7. The van der Waals surface area contributed by atoms with Crippen LogP contribution in [-0.4, -0.2) is 17.6 Å². The molecular weight excluding hydrogens is 436 g/mol. The number of anilines is 1. The third-order valence-corrected chi connectivity index (χ3v) is 4.98. The number of thiocarbonyl (C=S) groups is 1. The van der Waals surface area contributed by atoms with Gasteiger partial charge in [-0.25, -0.2) is 4.90 Å². The van der Waals surface area contributed by atoms with Crippen LogP contribution in [0.2, 0.25) is 5.02 Å². The van der Waals surface area contributed by atoms with E-state index in [-0.39, 0.29) is 17.6 Å². The van der Waals surface area contributed by atoms with Crippen molar-refractivity contribution < 1.29 is 18.7 Å². The number of hydrogen-bond acceptors (Lipinski definition) is 5. The van der Waals surface area contributed by atoms with E-state index in [0.717, 1.165) is 0 Å². The van der Waals surface area contributed by atoms with Crippen LogP contribution in [0.4, 0.5) is 5.69 Å². The molecule has 0 atom stereocenters. The second kappa shape index (κ2) is 9.24. The zero-order valence-corrected chi connectivity index (χ0v) is 18.2. The number of nitrogens with one attached hydrogen (secondary N) is 1. The Bertz CT molecular complexity index is 1140. The highest BCUT2D eigenvalue weighted by Gasteiger charge is 2.33. The molecule has 0 radical (unpaired) electrons. The van der Waals surface area contributed by atoms with Crippen molar-refractivity contribution in [2.75, 3.05) is 11.5 Å². The summed E-state index contributed by atoms with van der Waals surface area (Å²) in [7, 11) is 0. The molecule has 0 unspecified atom stereocenters. The molecule has 1 amide bonds. The maximum Gasteiger partial charge on any atom is 0.281 e. The molecule has 31 heavy (non-hydrogen) atoms. The van der Waals surface area contributed by atoms with Gasteiger partial charge in [0, 0.05) is 11.1 Å². The van der Waals surface area contributed by atoms with Crippen molar-refractivity contribution >= 4 is 46.6 Å². The first-order valence-corrected chi connectivity index (χ1v) is 10.4. The summed E-state index contributed by atoms with van der Waals surface area (Å²) in [6, 6.07) is 17.9. The third kappa shape index (κ3) is 4.73.